The van der Waals surface area contributed by atoms with Crippen LogP contribution in [0, 0.1) is 6.92 Å². The molecule has 0 amide bonds. The van der Waals surface area contributed by atoms with Gasteiger partial charge in [0.25, 0.3) is 0 Å². The van der Waals surface area contributed by atoms with E-state index in [1.54, 1.807) is 19.2 Å². The molecular weight excluding hydrogens is 284 g/mol. The molecule has 1 saturated heterocycles. The molecule has 0 bridgehead atoms. The summed E-state index contributed by atoms with van der Waals surface area (Å²) in [5, 5.41) is 0. The van der Waals surface area contributed by atoms with Gasteiger partial charge >= 0.3 is 5.97 Å². The fraction of sp³-hybridized carbons (Fsp3) is 0.588. The van der Waals surface area contributed by atoms with Crippen LogP contribution >= 0.6 is 0 Å². The van der Waals surface area contributed by atoms with Crippen LogP contribution in [-0.2, 0) is 14.2 Å². The van der Waals surface area contributed by atoms with Gasteiger partial charge in [-0.25, -0.2) is 4.79 Å². The van der Waals surface area contributed by atoms with Gasteiger partial charge in [0.1, 0.15) is 5.75 Å². The van der Waals surface area contributed by atoms with Gasteiger partial charge in [-0.3, -0.25) is 0 Å². The lowest BCUT2D eigenvalue weighted by molar-refractivity contribution is -0.163. The van der Waals surface area contributed by atoms with Gasteiger partial charge in [0.15, 0.2) is 6.29 Å². The second-order valence-corrected chi connectivity index (χ2v) is 5.34. The first-order chi connectivity index (χ1) is 10.7. The number of esters is 1. The Bertz CT molecular complexity index is 480. The van der Waals surface area contributed by atoms with E-state index in [0.717, 1.165) is 31.4 Å². The van der Waals surface area contributed by atoms with Gasteiger partial charge in [0.05, 0.1) is 25.9 Å². The van der Waals surface area contributed by atoms with Gasteiger partial charge in [-0.1, -0.05) is 6.07 Å². The van der Waals surface area contributed by atoms with Crippen LogP contribution in [0.4, 0.5) is 0 Å². The highest BCUT2D eigenvalue weighted by Crippen LogP contribution is 2.19. The normalized spacial score (nSPS) is 18.0. The van der Waals surface area contributed by atoms with Crippen molar-refractivity contribution in [2.45, 2.75) is 38.9 Å². The molecule has 0 spiro atoms. The summed E-state index contributed by atoms with van der Waals surface area (Å²) in [6.07, 6.45) is 3.77. The minimum absolute atomic E-state index is 0.0918. The second-order valence-electron chi connectivity index (χ2n) is 5.34. The van der Waals surface area contributed by atoms with E-state index in [4.69, 9.17) is 18.9 Å². The van der Waals surface area contributed by atoms with Crippen molar-refractivity contribution >= 4 is 5.97 Å². The van der Waals surface area contributed by atoms with Crippen LogP contribution in [0.3, 0.4) is 0 Å². The molecule has 2 rings (SSSR count). The second kappa shape index (κ2) is 8.76. The number of carbonyl (C=O) groups excluding carboxylic acids is 1. The third kappa shape index (κ3) is 5.00. The van der Waals surface area contributed by atoms with Crippen molar-refractivity contribution in [2.75, 3.05) is 26.9 Å². The molecule has 22 heavy (non-hydrogen) atoms. The molecule has 1 unspecified atom stereocenters. The Hall–Kier alpha value is -1.59. The monoisotopic (exact) mass is 308 g/mol. The van der Waals surface area contributed by atoms with Crippen LogP contribution in [-0.4, -0.2) is 39.2 Å². The summed E-state index contributed by atoms with van der Waals surface area (Å²) in [5.41, 5.74) is 1.49. The number of rotatable bonds is 7. The molecule has 0 radical (unpaired) electrons. The molecule has 1 aliphatic rings. The third-order valence-corrected chi connectivity index (χ3v) is 3.61. The number of carbonyl (C=O) groups is 1. The van der Waals surface area contributed by atoms with Crippen molar-refractivity contribution in [3.8, 4) is 5.75 Å². The molecule has 1 aromatic carbocycles. The number of aryl methyl sites for hydroxylation is 1. The predicted octanol–water partition coefficient (Wildman–Crippen LogP) is 3.09. The van der Waals surface area contributed by atoms with Crippen LogP contribution < -0.4 is 4.74 Å². The Balaban J connectivity index is 1.67. The zero-order chi connectivity index (χ0) is 15.8. The molecule has 1 atom stereocenters. The van der Waals surface area contributed by atoms with Gasteiger partial charge in [-0.2, -0.15) is 0 Å². The molecule has 5 heteroatoms. The topological polar surface area (TPSA) is 54.0 Å². The highest BCUT2D eigenvalue weighted by molar-refractivity contribution is 5.90. The lowest BCUT2D eigenvalue weighted by Gasteiger charge is -2.22. The average molecular weight is 308 g/mol. The van der Waals surface area contributed by atoms with E-state index in [1.165, 1.54) is 0 Å². The van der Waals surface area contributed by atoms with Gasteiger partial charge in [-0.15, -0.1) is 0 Å². The van der Waals surface area contributed by atoms with Crippen molar-refractivity contribution in [1.82, 2.24) is 0 Å². The van der Waals surface area contributed by atoms with Crippen LogP contribution in [0.2, 0.25) is 0 Å². The van der Waals surface area contributed by atoms with E-state index < -0.39 is 0 Å². The fourth-order valence-electron chi connectivity index (χ4n) is 2.31. The number of ether oxygens (including phenoxy) is 4. The first kappa shape index (κ1) is 16.8. The van der Waals surface area contributed by atoms with Crippen molar-refractivity contribution in [3.05, 3.63) is 29.3 Å². The molecule has 122 valence electrons. The zero-order valence-corrected chi connectivity index (χ0v) is 13.3. The van der Waals surface area contributed by atoms with Crippen LogP contribution in [0.5, 0.6) is 5.75 Å². The third-order valence-electron chi connectivity index (χ3n) is 3.61. The maximum absolute atomic E-state index is 11.9. The maximum atomic E-state index is 11.9. The summed E-state index contributed by atoms with van der Waals surface area (Å²) in [6, 6.07) is 5.29. The number of methoxy groups -OCH3 is 1. The Morgan fingerprint density at radius 1 is 1.32 bits per heavy atom. The van der Waals surface area contributed by atoms with Crippen molar-refractivity contribution in [3.63, 3.8) is 0 Å². The molecule has 1 aliphatic heterocycles. The molecule has 1 fully saturated rings. The van der Waals surface area contributed by atoms with E-state index in [1.807, 2.05) is 13.0 Å². The van der Waals surface area contributed by atoms with Crippen molar-refractivity contribution < 1.29 is 23.7 Å². The van der Waals surface area contributed by atoms with Crippen molar-refractivity contribution in [1.29, 1.82) is 0 Å². The lowest BCUT2D eigenvalue weighted by atomic mass is 10.1. The Morgan fingerprint density at radius 3 is 2.91 bits per heavy atom. The number of benzene rings is 1. The Kier molecular flexibility index (Phi) is 6.68. The summed E-state index contributed by atoms with van der Waals surface area (Å²) in [4.78, 5) is 11.9. The van der Waals surface area contributed by atoms with E-state index >= 15 is 0 Å². The number of hydrogen-bond acceptors (Lipinski definition) is 5. The minimum atomic E-state index is -0.341. The van der Waals surface area contributed by atoms with Crippen molar-refractivity contribution in [2.24, 2.45) is 0 Å². The predicted molar refractivity (Wildman–Crippen MR) is 82.2 cm³/mol. The maximum Gasteiger partial charge on any atom is 0.338 e. The summed E-state index contributed by atoms with van der Waals surface area (Å²) in [7, 11) is 1.59. The van der Waals surface area contributed by atoms with Gasteiger partial charge in [-0.05, 0) is 43.9 Å². The first-order valence-electron chi connectivity index (χ1n) is 7.75. The smallest absolute Gasteiger partial charge is 0.338 e. The molecule has 0 aliphatic carbocycles. The SMILES string of the molecule is COc1cc(C(=O)OCCCOC2CCCCO2)ccc1C. The summed E-state index contributed by atoms with van der Waals surface area (Å²) < 4.78 is 21.5. The molecular formula is C17H24O5. The zero-order valence-electron chi connectivity index (χ0n) is 13.3. The Labute approximate surface area is 131 Å². The standard InChI is InChI=1S/C17H24O5/c1-13-7-8-14(12-15(13)19-2)17(18)22-11-5-10-21-16-6-3-4-9-20-16/h7-8,12,16H,3-6,9-11H2,1-2H3. The van der Waals surface area contributed by atoms with Gasteiger partial charge in [0.2, 0.25) is 0 Å². The molecule has 0 N–H and O–H groups in total. The van der Waals surface area contributed by atoms with E-state index in [0.29, 0.717) is 30.9 Å². The molecule has 1 aromatic rings. The fourth-order valence-corrected chi connectivity index (χ4v) is 2.31. The highest BCUT2D eigenvalue weighted by atomic mass is 16.7. The highest BCUT2D eigenvalue weighted by Gasteiger charge is 2.14. The van der Waals surface area contributed by atoms with E-state index in [2.05, 4.69) is 0 Å². The van der Waals surface area contributed by atoms with Gasteiger partial charge in [0, 0.05) is 13.0 Å². The van der Waals surface area contributed by atoms with Crippen LogP contribution in [0.1, 0.15) is 41.6 Å². The summed E-state index contributed by atoms with van der Waals surface area (Å²) >= 11 is 0. The molecule has 0 aromatic heterocycles. The molecule has 5 nitrogen and oxygen atoms in total. The lowest BCUT2D eigenvalue weighted by Crippen LogP contribution is -2.23. The van der Waals surface area contributed by atoms with E-state index in [-0.39, 0.29) is 12.3 Å². The Morgan fingerprint density at radius 2 is 2.18 bits per heavy atom. The molecule has 1 heterocycles. The quantitative estimate of drug-likeness (QED) is 0.572. The largest absolute Gasteiger partial charge is 0.496 e. The first-order valence-corrected chi connectivity index (χ1v) is 7.75. The summed E-state index contributed by atoms with van der Waals surface area (Å²) in [6.45, 7) is 3.57. The minimum Gasteiger partial charge on any atom is -0.496 e. The van der Waals surface area contributed by atoms with E-state index in [9.17, 15) is 4.79 Å². The molecule has 0 saturated carbocycles. The number of hydrogen-bond donors (Lipinski definition) is 0. The summed E-state index contributed by atoms with van der Waals surface area (Å²) in [5.74, 6) is 0.347. The van der Waals surface area contributed by atoms with Crippen LogP contribution in [0.15, 0.2) is 18.2 Å². The average Bonchev–Trinajstić information content (AvgIpc) is 2.55. The van der Waals surface area contributed by atoms with Crippen LogP contribution in [0.25, 0.3) is 0 Å². The van der Waals surface area contributed by atoms with Gasteiger partial charge < -0.3 is 18.9 Å².